The molecule has 0 unspecified atom stereocenters. The number of hydrogen-bond donors (Lipinski definition) is 0. The van der Waals surface area contributed by atoms with Gasteiger partial charge in [0.1, 0.15) is 0 Å². The largest absolute Gasteiger partial charge is 0.380 e. The summed E-state index contributed by atoms with van der Waals surface area (Å²) in [6.07, 6.45) is 0. The fourth-order valence-corrected chi connectivity index (χ4v) is 2.65. The van der Waals surface area contributed by atoms with Crippen molar-refractivity contribution in [3.63, 3.8) is 0 Å². The molecule has 0 amide bonds. The SMILES string of the molecule is COCc1ccccc1-c1ccccc1-c1ccccc1.S. The number of rotatable bonds is 4. The van der Waals surface area contributed by atoms with Gasteiger partial charge in [0, 0.05) is 7.11 Å². The lowest BCUT2D eigenvalue weighted by Crippen LogP contribution is -1.93. The minimum atomic E-state index is 0. The maximum Gasteiger partial charge on any atom is 0.0719 e. The van der Waals surface area contributed by atoms with Gasteiger partial charge < -0.3 is 4.74 Å². The van der Waals surface area contributed by atoms with E-state index in [0.29, 0.717) is 6.61 Å². The summed E-state index contributed by atoms with van der Waals surface area (Å²) < 4.78 is 5.34. The maximum atomic E-state index is 5.34. The Labute approximate surface area is 139 Å². The van der Waals surface area contributed by atoms with Crippen LogP contribution in [0.4, 0.5) is 0 Å². The lowest BCUT2D eigenvalue weighted by Gasteiger charge is -2.13. The van der Waals surface area contributed by atoms with Crippen LogP contribution >= 0.6 is 13.5 Å². The Morgan fingerprint density at radius 1 is 0.636 bits per heavy atom. The molecule has 0 saturated heterocycles. The van der Waals surface area contributed by atoms with Crippen LogP contribution in [0.25, 0.3) is 22.3 Å². The topological polar surface area (TPSA) is 9.23 Å². The zero-order valence-corrected chi connectivity index (χ0v) is 13.6. The Morgan fingerprint density at radius 2 is 1.18 bits per heavy atom. The van der Waals surface area contributed by atoms with Crippen LogP contribution in [-0.2, 0) is 11.3 Å². The van der Waals surface area contributed by atoms with Crippen LogP contribution in [0.5, 0.6) is 0 Å². The van der Waals surface area contributed by atoms with Gasteiger partial charge in [0.25, 0.3) is 0 Å². The summed E-state index contributed by atoms with van der Waals surface area (Å²) in [6, 6.07) is 27.5. The minimum Gasteiger partial charge on any atom is -0.380 e. The quantitative estimate of drug-likeness (QED) is 0.637. The zero-order valence-electron chi connectivity index (χ0n) is 12.6. The van der Waals surface area contributed by atoms with Crippen LogP contribution in [0.1, 0.15) is 5.56 Å². The summed E-state index contributed by atoms with van der Waals surface area (Å²) in [6.45, 7) is 0.624. The third-order valence-corrected chi connectivity index (χ3v) is 3.62. The fourth-order valence-electron chi connectivity index (χ4n) is 2.65. The second kappa shape index (κ2) is 7.83. The van der Waals surface area contributed by atoms with Crippen LogP contribution < -0.4 is 0 Å². The molecule has 0 bridgehead atoms. The molecule has 0 spiro atoms. The molecule has 0 aromatic heterocycles. The van der Waals surface area contributed by atoms with Gasteiger partial charge in [-0.15, -0.1) is 0 Å². The minimum absolute atomic E-state index is 0. The van der Waals surface area contributed by atoms with E-state index in [-0.39, 0.29) is 13.5 Å². The van der Waals surface area contributed by atoms with E-state index in [4.69, 9.17) is 4.74 Å². The van der Waals surface area contributed by atoms with Crippen LogP contribution in [0.2, 0.25) is 0 Å². The molecule has 0 aliphatic heterocycles. The van der Waals surface area contributed by atoms with Crippen LogP contribution in [-0.4, -0.2) is 7.11 Å². The predicted molar refractivity (Wildman–Crippen MR) is 98.4 cm³/mol. The molecular formula is C20H20OS. The second-order valence-corrected chi connectivity index (χ2v) is 5.00. The van der Waals surface area contributed by atoms with Crippen molar-refractivity contribution in [3.8, 4) is 22.3 Å². The molecule has 0 heterocycles. The number of hydrogen-bond acceptors (Lipinski definition) is 1. The van der Waals surface area contributed by atoms with Gasteiger partial charge in [-0.25, -0.2) is 0 Å². The van der Waals surface area contributed by atoms with Crippen molar-refractivity contribution >= 4 is 13.5 Å². The molecule has 0 atom stereocenters. The molecule has 112 valence electrons. The Balaban J connectivity index is 0.00000176. The van der Waals surface area contributed by atoms with Crippen molar-refractivity contribution in [2.45, 2.75) is 6.61 Å². The number of ether oxygens (including phenoxy) is 1. The van der Waals surface area contributed by atoms with Crippen molar-refractivity contribution in [1.82, 2.24) is 0 Å². The van der Waals surface area contributed by atoms with Crippen LogP contribution in [0.15, 0.2) is 78.9 Å². The molecule has 3 aromatic carbocycles. The average Bonchev–Trinajstić information content (AvgIpc) is 2.57. The summed E-state index contributed by atoms with van der Waals surface area (Å²) in [5.74, 6) is 0. The average molecular weight is 308 g/mol. The fraction of sp³-hybridized carbons (Fsp3) is 0.100. The third kappa shape index (κ3) is 3.41. The summed E-state index contributed by atoms with van der Waals surface area (Å²) in [5.41, 5.74) is 6.18. The van der Waals surface area contributed by atoms with E-state index in [0.717, 1.165) is 0 Å². The first kappa shape index (κ1) is 16.3. The van der Waals surface area contributed by atoms with Crippen molar-refractivity contribution in [2.24, 2.45) is 0 Å². The van der Waals surface area contributed by atoms with Gasteiger partial charge >= 0.3 is 0 Å². The van der Waals surface area contributed by atoms with Crippen molar-refractivity contribution in [1.29, 1.82) is 0 Å². The van der Waals surface area contributed by atoms with Crippen LogP contribution in [0, 0.1) is 0 Å². The van der Waals surface area contributed by atoms with E-state index in [1.165, 1.54) is 27.8 Å². The Hall–Kier alpha value is -2.03. The number of benzene rings is 3. The smallest absolute Gasteiger partial charge is 0.0719 e. The first-order chi connectivity index (χ1) is 10.4. The summed E-state index contributed by atoms with van der Waals surface area (Å²) in [4.78, 5) is 0. The summed E-state index contributed by atoms with van der Waals surface area (Å²) in [7, 11) is 1.74. The highest BCUT2D eigenvalue weighted by molar-refractivity contribution is 7.59. The van der Waals surface area contributed by atoms with Gasteiger partial charge in [-0.2, -0.15) is 13.5 Å². The van der Waals surface area contributed by atoms with E-state index in [1.807, 2.05) is 6.07 Å². The van der Waals surface area contributed by atoms with E-state index in [9.17, 15) is 0 Å². The molecule has 1 nitrogen and oxygen atoms in total. The zero-order chi connectivity index (χ0) is 14.5. The Bertz CT molecular complexity index is 723. The first-order valence-corrected chi connectivity index (χ1v) is 7.12. The van der Waals surface area contributed by atoms with Crippen LogP contribution in [0.3, 0.4) is 0 Å². The van der Waals surface area contributed by atoms with Gasteiger partial charge in [0.05, 0.1) is 6.61 Å². The van der Waals surface area contributed by atoms with Gasteiger partial charge in [-0.3, -0.25) is 0 Å². The van der Waals surface area contributed by atoms with Gasteiger partial charge in [-0.05, 0) is 27.8 Å². The standard InChI is InChI=1S/C20H18O.H2S/c1-21-15-17-11-5-6-13-19(17)20-14-8-7-12-18(20)16-9-3-2-4-10-16;/h2-14H,15H2,1H3;1H2. The third-order valence-electron chi connectivity index (χ3n) is 3.62. The molecular weight excluding hydrogens is 288 g/mol. The summed E-state index contributed by atoms with van der Waals surface area (Å²) in [5, 5.41) is 0. The highest BCUT2D eigenvalue weighted by Crippen LogP contribution is 2.33. The maximum absolute atomic E-state index is 5.34. The Kier molecular flexibility index (Phi) is 5.82. The molecule has 3 rings (SSSR count). The molecule has 0 N–H and O–H groups in total. The first-order valence-electron chi connectivity index (χ1n) is 7.12. The van der Waals surface area contributed by atoms with Gasteiger partial charge in [0.2, 0.25) is 0 Å². The van der Waals surface area contributed by atoms with E-state index in [2.05, 4.69) is 72.8 Å². The molecule has 0 aliphatic rings. The lowest BCUT2D eigenvalue weighted by molar-refractivity contribution is 0.185. The van der Waals surface area contributed by atoms with E-state index < -0.39 is 0 Å². The molecule has 3 aromatic rings. The normalized spacial score (nSPS) is 10.0. The number of methoxy groups -OCH3 is 1. The molecule has 0 radical (unpaired) electrons. The van der Waals surface area contributed by atoms with Crippen molar-refractivity contribution < 1.29 is 4.74 Å². The van der Waals surface area contributed by atoms with Crippen molar-refractivity contribution in [2.75, 3.05) is 7.11 Å². The molecule has 22 heavy (non-hydrogen) atoms. The Morgan fingerprint density at radius 3 is 1.86 bits per heavy atom. The lowest BCUT2D eigenvalue weighted by atomic mass is 9.92. The predicted octanol–water partition coefficient (Wildman–Crippen LogP) is 5.28. The molecule has 0 aliphatic carbocycles. The highest BCUT2D eigenvalue weighted by atomic mass is 32.1. The van der Waals surface area contributed by atoms with Gasteiger partial charge in [0.15, 0.2) is 0 Å². The monoisotopic (exact) mass is 308 g/mol. The molecule has 0 saturated carbocycles. The molecule has 2 heteroatoms. The van der Waals surface area contributed by atoms with Gasteiger partial charge in [-0.1, -0.05) is 78.9 Å². The summed E-state index contributed by atoms with van der Waals surface area (Å²) >= 11 is 0. The van der Waals surface area contributed by atoms with Crippen molar-refractivity contribution in [3.05, 3.63) is 84.4 Å². The highest BCUT2D eigenvalue weighted by Gasteiger charge is 2.09. The van der Waals surface area contributed by atoms with E-state index >= 15 is 0 Å². The molecule has 0 fully saturated rings. The van der Waals surface area contributed by atoms with E-state index in [1.54, 1.807) is 7.11 Å². The second-order valence-electron chi connectivity index (χ2n) is 5.00.